The Morgan fingerprint density at radius 2 is 1.81 bits per heavy atom. The van der Waals surface area contributed by atoms with Crippen molar-refractivity contribution in [1.82, 2.24) is 5.32 Å². The average molecular weight is 388 g/mol. The minimum Gasteiger partial charge on any atom is -0.481 e. The number of benzene rings is 2. The minimum atomic E-state index is -0.529. The van der Waals surface area contributed by atoms with Gasteiger partial charge in [0, 0.05) is 30.2 Å². The summed E-state index contributed by atoms with van der Waals surface area (Å²) in [6, 6.07) is 17.5. The fourth-order valence-electron chi connectivity index (χ4n) is 3.49. The third-order valence-corrected chi connectivity index (χ3v) is 5.44. The standard InChI is InChI=1S/C22H26ClNO3/c1-2-20(27-19-10-8-18(23)9-11-19)21(25)24-16-22(12-14-26-15-13-22)17-6-4-3-5-7-17/h3-11,20H,2,12-16H2,1H3,(H,24,25)/t20-/m0/s1. The molecule has 4 nitrogen and oxygen atoms in total. The van der Waals surface area contributed by atoms with Crippen LogP contribution in [0.4, 0.5) is 0 Å². The van der Waals surface area contributed by atoms with Crippen LogP contribution in [0.5, 0.6) is 5.75 Å². The molecule has 0 aliphatic carbocycles. The summed E-state index contributed by atoms with van der Waals surface area (Å²) in [6.07, 6.45) is 1.85. The SMILES string of the molecule is CC[C@H](Oc1ccc(Cl)cc1)C(=O)NCC1(c2ccccc2)CCOCC1. The Bertz CT molecular complexity index is 727. The van der Waals surface area contributed by atoms with Gasteiger partial charge in [-0.05, 0) is 49.1 Å². The molecule has 1 saturated heterocycles. The van der Waals surface area contributed by atoms with Crippen LogP contribution in [-0.4, -0.2) is 31.8 Å². The number of ether oxygens (including phenoxy) is 2. The number of carbonyl (C=O) groups is 1. The first-order chi connectivity index (χ1) is 13.1. The lowest BCUT2D eigenvalue weighted by atomic mass is 9.74. The summed E-state index contributed by atoms with van der Waals surface area (Å²) in [7, 11) is 0. The van der Waals surface area contributed by atoms with Crippen molar-refractivity contribution >= 4 is 17.5 Å². The first-order valence-electron chi connectivity index (χ1n) is 9.46. The van der Waals surface area contributed by atoms with Crippen molar-refractivity contribution in [3.63, 3.8) is 0 Å². The predicted molar refractivity (Wildman–Crippen MR) is 107 cm³/mol. The molecule has 144 valence electrons. The van der Waals surface area contributed by atoms with E-state index >= 15 is 0 Å². The number of rotatable bonds is 7. The monoisotopic (exact) mass is 387 g/mol. The summed E-state index contributed by atoms with van der Waals surface area (Å²) in [4.78, 5) is 12.8. The molecule has 1 amide bonds. The maximum absolute atomic E-state index is 12.8. The smallest absolute Gasteiger partial charge is 0.261 e. The maximum atomic E-state index is 12.8. The largest absolute Gasteiger partial charge is 0.481 e. The zero-order valence-corrected chi connectivity index (χ0v) is 16.4. The van der Waals surface area contributed by atoms with E-state index in [-0.39, 0.29) is 11.3 Å². The van der Waals surface area contributed by atoms with Crippen LogP contribution in [0.25, 0.3) is 0 Å². The normalized spacial score (nSPS) is 17.1. The summed E-state index contributed by atoms with van der Waals surface area (Å²) in [5.41, 5.74) is 1.16. The number of hydrogen-bond acceptors (Lipinski definition) is 3. The molecule has 2 aromatic rings. The van der Waals surface area contributed by atoms with E-state index in [2.05, 4.69) is 17.4 Å². The summed E-state index contributed by atoms with van der Waals surface area (Å²) in [5, 5.41) is 3.77. The lowest BCUT2D eigenvalue weighted by Gasteiger charge is -2.38. The van der Waals surface area contributed by atoms with Gasteiger partial charge in [0.15, 0.2) is 6.10 Å². The van der Waals surface area contributed by atoms with Gasteiger partial charge in [-0.2, -0.15) is 0 Å². The minimum absolute atomic E-state index is 0.0887. The van der Waals surface area contributed by atoms with E-state index < -0.39 is 6.10 Å². The second kappa shape index (κ2) is 9.25. The van der Waals surface area contributed by atoms with Crippen molar-refractivity contribution in [2.45, 2.75) is 37.7 Å². The summed E-state index contributed by atoms with van der Waals surface area (Å²) >= 11 is 5.91. The molecule has 1 atom stereocenters. The Morgan fingerprint density at radius 1 is 1.15 bits per heavy atom. The fraction of sp³-hybridized carbons (Fsp3) is 0.409. The van der Waals surface area contributed by atoms with Crippen molar-refractivity contribution in [2.24, 2.45) is 0 Å². The van der Waals surface area contributed by atoms with Crippen LogP contribution < -0.4 is 10.1 Å². The van der Waals surface area contributed by atoms with Crippen LogP contribution in [0.2, 0.25) is 5.02 Å². The van der Waals surface area contributed by atoms with Gasteiger partial charge in [-0.1, -0.05) is 48.9 Å². The van der Waals surface area contributed by atoms with Gasteiger partial charge in [0.25, 0.3) is 5.91 Å². The first kappa shape index (κ1) is 19.7. The van der Waals surface area contributed by atoms with Gasteiger partial charge in [0.05, 0.1) is 0 Å². The van der Waals surface area contributed by atoms with E-state index in [4.69, 9.17) is 21.1 Å². The van der Waals surface area contributed by atoms with Crippen LogP contribution >= 0.6 is 11.6 Å². The van der Waals surface area contributed by atoms with E-state index in [1.807, 2.05) is 25.1 Å². The molecule has 5 heteroatoms. The molecule has 0 aromatic heterocycles. The first-order valence-corrected chi connectivity index (χ1v) is 9.84. The molecule has 0 unspecified atom stereocenters. The molecule has 1 N–H and O–H groups in total. The molecule has 1 aliphatic rings. The van der Waals surface area contributed by atoms with Crippen molar-refractivity contribution in [2.75, 3.05) is 19.8 Å². The van der Waals surface area contributed by atoms with Crippen LogP contribution in [-0.2, 0) is 14.9 Å². The molecular weight excluding hydrogens is 362 g/mol. The lowest BCUT2D eigenvalue weighted by molar-refractivity contribution is -0.128. The van der Waals surface area contributed by atoms with Gasteiger partial charge in [0.2, 0.25) is 0 Å². The highest BCUT2D eigenvalue weighted by Gasteiger charge is 2.35. The van der Waals surface area contributed by atoms with Crippen molar-refractivity contribution in [3.8, 4) is 5.75 Å². The van der Waals surface area contributed by atoms with Crippen LogP contribution in [0, 0.1) is 0 Å². The highest BCUT2D eigenvalue weighted by molar-refractivity contribution is 6.30. The number of halogens is 1. The van der Waals surface area contributed by atoms with E-state index in [1.54, 1.807) is 24.3 Å². The molecule has 1 fully saturated rings. The number of amides is 1. The van der Waals surface area contributed by atoms with E-state index in [0.29, 0.717) is 37.0 Å². The van der Waals surface area contributed by atoms with Gasteiger partial charge >= 0.3 is 0 Å². The number of hydrogen-bond donors (Lipinski definition) is 1. The van der Waals surface area contributed by atoms with Crippen molar-refractivity contribution < 1.29 is 14.3 Å². The third kappa shape index (κ3) is 5.02. The molecule has 0 bridgehead atoms. The summed E-state index contributed by atoms with van der Waals surface area (Å²) in [6.45, 7) is 3.95. The number of nitrogens with one attached hydrogen (secondary N) is 1. The highest BCUT2D eigenvalue weighted by Crippen LogP contribution is 2.34. The summed E-state index contributed by atoms with van der Waals surface area (Å²) < 4.78 is 11.4. The molecule has 27 heavy (non-hydrogen) atoms. The zero-order chi connectivity index (χ0) is 19.1. The van der Waals surface area contributed by atoms with Gasteiger partial charge in [0.1, 0.15) is 5.75 Å². The topological polar surface area (TPSA) is 47.6 Å². The van der Waals surface area contributed by atoms with Crippen LogP contribution in [0.1, 0.15) is 31.7 Å². The fourth-order valence-corrected chi connectivity index (χ4v) is 3.62. The van der Waals surface area contributed by atoms with E-state index in [0.717, 1.165) is 12.8 Å². The van der Waals surface area contributed by atoms with E-state index in [9.17, 15) is 4.79 Å². The van der Waals surface area contributed by atoms with Crippen molar-refractivity contribution in [3.05, 3.63) is 65.2 Å². The Morgan fingerprint density at radius 3 is 2.44 bits per heavy atom. The lowest BCUT2D eigenvalue weighted by Crippen LogP contribution is -2.48. The number of carbonyl (C=O) groups excluding carboxylic acids is 1. The maximum Gasteiger partial charge on any atom is 0.261 e. The Labute approximate surface area is 165 Å². The van der Waals surface area contributed by atoms with Crippen LogP contribution in [0.3, 0.4) is 0 Å². The van der Waals surface area contributed by atoms with Gasteiger partial charge in [-0.15, -0.1) is 0 Å². The molecule has 0 radical (unpaired) electrons. The quantitative estimate of drug-likeness (QED) is 0.767. The second-order valence-corrected chi connectivity index (χ2v) is 7.38. The molecule has 2 aromatic carbocycles. The van der Waals surface area contributed by atoms with E-state index in [1.165, 1.54) is 5.56 Å². The zero-order valence-electron chi connectivity index (χ0n) is 15.6. The Kier molecular flexibility index (Phi) is 6.75. The van der Waals surface area contributed by atoms with Gasteiger partial charge in [-0.3, -0.25) is 4.79 Å². The molecule has 3 rings (SSSR count). The molecule has 0 saturated carbocycles. The predicted octanol–water partition coefficient (Wildman–Crippen LogP) is 4.36. The molecular formula is C22H26ClNO3. The average Bonchev–Trinajstić information content (AvgIpc) is 2.73. The second-order valence-electron chi connectivity index (χ2n) is 6.95. The summed E-state index contributed by atoms with van der Waals surface area (Å²) in [5.74, 6) is 0.555. The molecule has 1 heterocycles. The molecule has 0 spiro atoms. The third-order valence-electron chi connectivity index (χ3n) is 5.19. The Hall–Kier alpha value is -2.04. The van der Waals surface area contributed by atoms with Gasteiger partial charge in [-0.25, -0.2) is 0 Å². The van der Waals surface area contributed by atoms with Crippen molar-refractivity contribution in [1.29, 1.82) is 0 Å². The Balaban J connectivity index is 1.66. The van der Waals surface area contributed by atoms with Gasteiger partial charge < -0.3 is 14.8 Å². The highest BCUT2D eigenvalue weighted by atomic mass is 35.5. The van der Waals surface area contributed by atoms with Crippen LogP contribution in [0.15, 0.2) is 54.6 Å². The molecule has 1 aliphatic heterocycles.